The molecule has 0 radical (unpaired) electrons. The SMILES string of the molecule is CN1CCN(c2ccc(-c3cc(-c4cccc(Cl)c4)ncn3)cc2)CC1. The minimum Gasteiger partial charge on any atom is -0.369 e. The van der Waals surface area contributed by atoms with Crippen LogP contribution in [0.1, 0.15) is 0 Å². The lowest BCUT2D eigenvalue weighted by molar-refractivity contribution is 0.313. The van der Waals surface area contributed by atoms with E-state index in [-0.39, 0.29) is 0 Å². The third-order valence-corrected chi connectivity index (χ3v) is 5.05. The Bertz CT molecular complexity index is 887. The second-order valence-corrected chi connectivity index (χ2v) is 7.07. The molecule has 1 saturated heterocycles. The summed E-state index contributed by atoms with van der Waals surface area (Å²) in [6.45, 7) is 4.36. The van der Waals surface area contributed by atoms with Crippen LogP contribution < -0.4 is 4.90 Å². The second kappa shape index (κ2) is 7.44. The van der Waals surface area contributed by atoms with E-state index in [2.05, 4.69) is 51.1 Å². The fourth-order valence-corrected chi connectivity index (χ4v) is 3.42. The fourth-order valence-electron chi connectivity index (χ4n) is 3.23. The molecule has 1 aliphatic heterocycles. The van der Waals surface area contributed by atoms with Crippen molar-refractivity contribution >= 4 is 17.3 Å². The Morgan fingerprint density at radius 3 is 2.19 bits per heavy atom. The van der Waals surface area contributed by atoms with E-state index in [0.29, 0.717) is 5.02 Å². The zero-order chi connectivity index (χ0) is 17.9. The van der Waals surface area contributed by atoms with Gasteiger partial charge in [0.2, 0.25) is 0 Å². The van der Waals surface area contributed by atoms with Crippen LogP contribution in [0.15, 0.2) is 60.9 Å². The molecule has 3 aromatic rings. The maximum atomic E-state index is 6.10. The molecule has 4 rings (SSSR count). The van der Waals surface area contributed by atoms with Crippen molar-refractivity contribution in [1.29, 1.82) is 0 Å². The van der Waals surface area contributed by atoms with E-state index >= 15 is 0 Å². The average Bonchev–Trinajstić information content (AvgIpc) is 2.69. The molecule has 0 amide bonds. The van der Waals surface area contributed by atoms with Gasteiger partial charge in [-0.3, -0.25) is 0 Å². The second-order valence-electron chi connectivity index (χ2n) is 6.64. The van der Waals surface area contributed by atoms with Gasteiger partial charge in [0.05, 0.1) is 11.4 Å². The molecule has 0 atom stereocenters. The summed E-state index contributed by atoms with van der Waals surface area (Å²) in [4.78, 5) is 13.6. The van der Waals surface area contributed by atoms with Gasteiger partial charge in [-0.2, -0.15) is 0 Å². The quantitative estimate of drug-likeness (QED) is 0.696. The van der Waals surface area contributed by atoms with Crippen LogP contribution in [-0.4, -0.2) is 48.1 Å². The van der Waals surface area contributed by atoms with Gasteiger partial charge in [-0.1, -0.05) is 35.9 Å². The Balaban J connectivity index is 1.57. The predicted molar refractivity (Wildman–Crippen MR) is 108 cm³/mol. The van der Waals surface area contributed by atoms with Crippen molar-refractivity contribution in [1.82, 2.24) is 14.9 Å². The van der Waals surface area contributed by atoms with Crippen molar-refractivity contribution in [3.63, 3.8) is 0 Å². The highest BCUT2D eigenvalue weighted by molar-refractivity contribution is 6.30. The zero-order valence-corrected chi connectivity index (χ0v) is 15.5. The molecule has 4 nitrogen and oxygen atoms in total. The summed E-state index contributed by atoms with van der Waals surface area (Å²) < 4.78 is 0. The van der Waals surface area contributed by atoms with Gasteiger partial charge in [0.15, 0.2) is 0 Å². The standard InChI is InChI=1S/C21H21ClN4/c1-25-9-11-26(12-10-25)19-7-5-16(6-8-19)20-14-21(24-15-23-20)17-3-2-4-18(22)13-17/h2-8,13-15H,9-12H2,1H3. The van der Waals surface area contributed by atoms with E-state index in [1.54, 1.807) is 6.33 Å². The van der Waals surface area contributed by atoms with Crippen LogP contribution in [0.25, 0.3) is 22.5 Å². The number of piperazine rings is 1. The fraction of sp³-hybridized carbons (Fsp3) is 0.238. The van der Waals surface area contributed by atoms with Gasteiger partial charge >= 0.3 is 0 Å². The molecule has 132 valence electrons. The van der Waals surface area contributed by atoms with Gasteiger partial charge in [0, 0.05) is 48.0 Å². The largest absolute Gasteiger partial charge is 0.369 e. The number of benzene rings is 2. The molecule has 2 heterocycles. The summed E-state index contributed by atoms with van der Waals surface area (Å²) in [6.07, 6.45) is 1.61. The summed E-state index contributed by atoms with van der Waals surface area (Å²) >= 11 is 6.10. The van der Waals surface area contributed by atoms with Crippen LogP contribution in [-0.2, 0) is 0 Å². The minimum atomic E-state index is 0.708. The van der Waals surface area contributed by atoms with Crippen molar-refractivity contribution in [3.05, 3.63) is 65.9 Å². The Morgan fingerprint density at radius 2 is 1.50 bits per heavy atom. The van der Waals surface area contributed by atoms with E-state index < -0.39 is 0 Å². The predicted octanol–water partition coefficient (Wildman–Crippen LogP) is 4.22. The molecule has 0 spiro atoms. The van der Waals surface area contributed by atoms with Crippen LogP contribution >= 0.6 is 11.6 Å². The topological polar surface area (TPSA) is 32.3 Å². The third kappa shape index (κ3) is 3.71. The van der Waals surface area contributed by atoms with E-state index in [9.17, 15) is 0 Å². The van der Waals surface area contributed by atoms with E-state index in [1.165, 1.54) is 5.69 Å². The maximum Gasteiger partial charge on any atom is 0.116 e. The normalized spacial score (nSPS) is 15.2. The number of nitrogens with zero attached hydrogens (tertiary/aromatic N) is 4. The monoisotopic (exact) mass is 364 g/mol. The molecule has 0 saturated carbocycles. The lowest BCUT2D eigenvalue weighted by atomic mass is 10.1. The van der Waals surface area contributed by atoms with Crippen LogP contribution in [0.4, 0.5) is 5.69 Å². The molecule has 1 aromatic heterocycles. The van der Waals surface area contributed by atoms with Crippen molar-refractivity contribution < 1.29 is 0 Å². The van der Waals surface area contributed by atoms with Gasteiger partial charge in [-0.15, -0.1) is 0 Å². The number of hydrogen-bond acceptors (Lipinski definition) is 4. The van der Waals surface area contributed by atoms with Crippen LogP contribution in [0.2, 0.25) is 5.02 Å². The van der Waals surface area contributed by atoms with E-state index in [0.717, 1.165) is 48.7 Å². The molecule has 5 heteroatoms. The summed E-state index contributed by atoms with van der Waals surface area (Å²) in [6, 6.07) is 18.4. The summed E-state index contributed by atoms with van der Waals surface area (Å²) in [5.41, 5.74) is 5.15. The summed E-state index contributed by atoms with van der Waals surface area (Å²) in [5.74, 6) is 0. The number of halogens is 1. The van der Waals surface area contributed by atoms with Gasteiger partial charge < -0.3 is 9.80 Å². The lowest BCUT2D eigenvalue weighted by Gasteiger charge is -2.34. The lowest BCUT2D eigenvalue weighted by Crippen LogP contribution is -2.44. The van der Waals surface area contributed by atoms with Crippen molar-refractivity contribution in [3.8, 4) is 22.5 Å². The zero-order valence-electron chi connectivity index (χ0n) is 14.8. The van der Waals surface area contributed by atoms with Crippen LogP contribution in [0.3, 0.4) is 0 Å². The highest BCUT2D eigenvalue weighted by Crippen LogP contribution is 2.26. The number of likely N-dealkylation sites (N-methyl/N-ethyl adjacent to an activating group) is 1. The average molecular weight is 365 g/mol. The highest BCUT2D eigenvalue weighted by Gasteiger charge is 2.14. The number of rotatable bonds is 3. The van der Waals surface area contributed by atoms with Gasteiger partial charge in [-0.25, -0.2) is 9.97 Å². The summed E-state index contributed by atoms with van der Waals surface area (Å²) in [5, 5.41) is 0.708. The van der Waals surface area contributed by atoms with Gasteiger partial charge in [0.1, 0.15) is 6.33 Å². The van der Waals surface area contributed by atoms with Crippen molar-refractivity contribution in [2.45, 2.75) is 0 Å². The Hall–Kier alpha value is -2.43. The molecule has 2 aromatic carbocycles. The molecule has 26 heavy (non-hydrogen) atoms. The molecular formula is C21H21ClN4. The van der Waals surface area contributed by atoms with Crippen LogP contribution in [0, 0.1) is 0 Å². The summed E-state index contributed by atoms with van der Waals surface area (Å²) in [7, 11) is 2.17. The Morgan fingerprint density at radius 1 is 0.808 bits per heavy atom. The van der Waals surface area contributed by atoms with Crippen LogP contribution in [0.5, 0.6) is 0 Å². The van der Waals surface area contributed by atoms with Crippen molar-refractivity contribution in [2.75, 3.05) is 38.1 Å². The van der Waals surface area contributed by atoms with E-state index in [4.69, 9.17) is 11.6 Å². The molecular weight excluding hydrogens is 344 g/mol. The highest BCUT2D eigenvalue weighted by atomic mass is 35.5. The third-order valence-electron chi connectivity index (χ3n) is 4.82. The number of anilines is 1. The van der Waals surface area contributed by atoms with Gasteiger partial charge in [0.25, 0.3) is 0 Å². The first-order chi connectivity index (χ1) is 12.7. The number of aromatic nitrogens is 2. The molecule has 0 N–H and O–H groups in total. The first kappa shape index (κ1) is 17.0. The molecule has 0 aliphatic carbocycles. The Labute approximate surface area is 159 Å². The van der Waals surface area contributed by atoms with Crippen molar-refractivity contribution in [2.24, 2.45) is 0 Å². The maximum absolute atomic E-state index is 6.10. The van der Waals surface area contributed by atoms with Gasteiger partial charge in [-0.05, 0) is 37.4 Å². The Kier molecular flexibility index (Phi) is 4.87. The first-order valence-electron chi connectivity index (χ1n) is 8.81. The molecule has 1 aliphatic rings. The molecule has 1 fully saturated rings. The van der Waals surface area contributed by atoms with E-state index in [1.807, 2.05) is 30.3 Å². The first-order valence-corrected chi connectivity index (χ1v) is 9.19. The molecule has 0 bridgehead atoms. The number of hydrogen-bond donors (Lipinski definition) is 0. The smallest absolute Gasteiger partial charge is 0.116 e. The molecule has 0 unspecified atom stereocenters. The minimum absolute atomic E-state index is 0.708.